The third-order valence-corrected chi connectivity index (χ3v) is 4.96. The summed E-state index contributed by atoms with van der Waals surface area (Å²) in [5, 5.41) is 36.5. The van der Waals surface area contributed by atoms with Gasteiger partial charge in [0.15, 0.2) is 0 Å². The smallest absolute Gasteiger partial charge is 0.326 e. The molecule has 3 unspecified atom stereocenters. The van der Waals surface area contributed by atoms with E-state index in [2.05, 4.69) is 27.2 Å². The number of rotatable bonds is 13. The topological polar surface area (TPSA) is 194 Å². The molecule has 7 N–H and O–H groups in total. The molecule has 12 heteroatoms. The van der Waals surface area contributed by atoms with Crippen molar-refractivity contribution in [3.8, 4) is 12.3 Å². The van der Waals surface area contributed by atoms with Crippen molar-refractivity contribution >= 4 is 30.0 Å². The van der Waals surface area contributed by atoms with Gasteiger partial charge in [-0.25, -0.2) is 19.2 Å². The molecule has 0 aromatic heterocycles. The molecular formula is C25H36N4O8. The summed E-state index contributed by atoms with van der Waals surface area (Å²) < 4.78 is 0. The van der Waals surface area contributed by atoms with Crippen molar-refractivity contribution < 1.29 is 39.3 Å². The van der Waals surface area contributed by atoms with Gasteiger partial charge >= 0.3 is 30.0 Å². The molecule has 0 aromatic carbocycles. The van der Waals surface area contributed by atoms with Crippen LogP contribution in [0.25, 0.3) is 0 Å². The van der Waals surface area contributed by atoms with Crippen molar-refractivity contribution in [3.63, 3.8) is 0 Å². The molecule has 0 aromatic rings. The number of urea groups is 2. The fourth-order valence-electron chi connectivity index (χ4n) is 2.90. The van der Waals surface area contributed by atoms with Crippen LogP contribution < -0.4 is 21.3 Å². The Morgan fingerprint density at radius 2 is 1.54 bits per heavy atom. The Labute approximate surface area is 216 Å². The molecule has 0 spiro atoms. The number of carbonyl (C=O) groups excluding carboxylic acids is 2. The molecule has 1 aliphatic carbocycles. The van der Waals surface area contributed by atoms with Gasteiger partial charge in [0.1, 0.15) is 12.1 Å². The van der Waals surface area contributed by atoms with Gasteiger partial charge < -0.3 is 36.6 Å². The number of unbranched alkanes of at least 4 members (excludes halogenated alkanes) is 1. The predicted octanol–water partition coefficient (Wildman–Crippen LogP) is 2.20. The Morgan fingerprint density at radius 1 is 0.946 bits per heavy atom. The normalized spacial score (nSPS) is 17.3. The number of terminal acetylenes is 1. The van der Waals surface area contributed by atoms with E-state index < -0.39 is 53.9 Å². The van der Waals surface area contributed by atoms with Crippen LogP contribution in [0.2, 0.25) is 0 Å². The molecule has 1 rings (SSSR count). The van der Waals surface area contributed by atoms with Crippen LogP contribution in [0.3, 0.4) is 0 Å². The second-order valence-corrected chi connectivity index (χ2v) is 7.95. The van der Waals surface area contributed by atoms with Crippen LogP contribution in [0, 0.1) is 17.8 Å². The number of hydrogen-bond donors (Lipinski definition) is 7. The zero-order chi connectivity index (χ0) is 28.4. The van der Waals surface area contributed by atoms with Gasteiger partial charge in [-0.1, -0.05) is 38.0 Å². The first-order chi connectivity index (χ1) is 17.5. The highest BCUT2D eigenvalue weighted by atomic mass is 16.4. The second-order valence-electron chi connectivity index (χ2n) is 7.95. The van der Waals surface area contributed by atoms with Gasteiger partial charge in [-0.2, -0.15) is 0 Å². The minimum atomic E-state index is -1.47. The number of aliphatic carboxylic acids is 3. The molecule has 12 nitrogen and oxygen atoms in total. The standard InChI is InChI=1S/C23H30N4O8.C2H6/c1-3-23(2)12-6-7-15(11-13-23)25-21(34)24-14-5-4-8-16(19(30)31)26-22(35)27-17(20(32)33)9-10-18(28)29;1-2/h1,6-7,11-13,16-17H,4-5,8-10,14H2,2H3,(H,28,29)(H,30,31)(H,32,33)(H2,24,25,34)(H2,26,27,35);1-2H3. The SMILES string of the molecule is C#CC1(C)C=CC=C(NC(=O)NCCCCC(NC(=O)NC(CCC(=O)O)C(=O)O)C(=O)O)C=C1.CC. The Kier molecular flexibility index (Phi) is 15.2. The molecule has 204 valence electrons. The van der Waals surface area contributed by atoms with E-state index >= 15 is 0 Å². The third kappa shape index (κ3) is 14.0. The Balaban J connectivity index is 0.00000631. The number of carboxylic acid groups (broad SMARTS) is 3. The monoisotopic (exact) mass is 520 g/mol. The van der Waals surface area contributed by atoms with E-state index in [-0.39, 0.29) is 19.4 Å². The maximum atomic E-state index is 12.1. The number of amides is 4. The van der Waals surface area contributed by atoms with Crippen LogP contribution in [0.15, 0.2) is 36.1 Å². The Bertz CT molecular complexity index is 951. The van der Waals surface area contributed by atoms with E-state index in [0.717, 1.165) is 0 Å². The number of carbonyl (C=O) groups is 5. The Morgan fingerprint density at radius 3 is 2.08 bits per heavy atom. The van der Waals surface area contributed by atoms with Crippen molar-refractivity contribution in [1.29, 1.82) is 0 Å². The highest BCUT2D eigenvalue weighted by Crippen LogP contribution is 2.21. The van der Waals surface area contributed by atoms with Crippen molar-refractivity contribution in [2.24, 2.45) is 5.41 Å². The summed E-state index contributed by atoms with van der Waals surface area (Å²) >= 11 is 0. The molecule has 0 aliphatic heterocycles. The fourth-order valence-corrected chi connectivity index (χ4v) is 2.90. The minimum Gasteiger partial charge on any atom is -0.481 e. The molecule has 3 atom stereocenters. The summed E-state index contributed by atoms with van der Waals surface area (Å²) in [5.74, 6) is -1.34. The summed E-state index contributed by atoms with van der Waals surface area (Å²) in [6.45, 7) is 6.10. The molecular weight excluding hydrogens is 484 g/mol. The average molecular weight is 521 g/mol. The lowest BCUT2D eigenvalue weighted by atomic mass is 9.91. The van der Waals surface area contributed by atoms with Crippen LogP contribution in [0.4, 0.5) is 9.59 Å². The van der Waals surface area contributed by atoms with Gasteiger partial charge in [0.2, 0.25) is 0 Å². The van der Waals surface area contributed by atoms with Crippen molar-refractivity contribution in [3.05, 3.63) is 36.1 Å². The number of hydrogen-bond acceptors (Lipinski definition) is 5. The van der Waals surface area contributed by atoms with E-state index in [1.807, 2.05) is 26.8 Å². The fraction of sp³-hybridized carbons (Fsp3) is 0.480. The summed E-state index contributed by atoms with van der Waals surface area (Å²) in [6.07, 6.45) is 14.2. The van der Waals surface area contributed by atoms with Gasteiger partial charge in [0.05, 0.1) is 5.41 Å². The summed E-state index contributed by atoms with van der Waals surface area (Å²) in [6, 6.07) is -4.26. The van der Waals surface area contributed by atoms with Crippen molar-refractivity contribution in [2.75, 3.05) is 6.54 Å². The zero-order valence-corrected chi connectivity index (χ0v) is 21.2. The molecule has 0 radical (unpaired) electrons. The predicted molar refractivity (Wildman–Crippen MR) is 136 cm³/mol. The number of allylic oxidation sites excluding steroid dienone is 5. The summed E-state index contributed by atoms with van der Waals surface area (Å²) in [7, 11) is 0. The van der Waals surface area contributed by atoms with E-state index in [1.165, 1.54) is 0 Å². The lowest BCUT2D eigenvalue weighted by Crippen LogP contribution is -2.51. The van der Waals surface area contributed by atoms with Gasteiger partial charge in [-0.3, -0.25) is 4.79 Å². The lowest BCUT2D eigenvalue weighted by molar-refractivity contribution is -0.140. The maximum Gasteiger partial charge on any atom is 0.326 e. The molecule has 0 saturated heterocycles. The largest absolute Gasteiger partial charge is 0.481 e. The second kappa shape index (κ2) is 17.2. The molecule has 0 fully saturated rings. The summed E-state index contributed by atoms with van der Waals surface area (Å²) in [4.78, 5) is 57.2. The van der Waals surface area contributed by atoms with Gasteiger partial charge in [-0.15, -0.1) is 6.42 Å². The van der Waals surface area contributed by atoms with Crippen molar-refractivity contribution in [1.82, 2.24) is 21.3 Å². The number of nitrogens with one attached hydrogen (secondary N) is 4. The van der Waals surface area contributed by atoms with E-state index in [4.69, 9.17) is 16.6 Å². The highest BCUT2D eigenvalue weighted by molar-refractivity contribution is 5.86. The van der Waals surface area contributed by atoms with E-state index in [0.29, 0.717) is 18.5 Å². The average Bonchev–Trinajstić information content (AvgIpc) is 3.03. The van der Waals surface area contributed by atoms with Crippen LogP contribution in [-0.4, -0.2) is 63.9 Å². The molecule has 4 amide bonds. The zero-order valence-electron chi connectivity index (χ0n) is 21.2. The first-order valence-corrected chi connectivity index (χ1v) is 11.8. The molecule has 1 aliphatic rings. The Hall–Kier alpha value is -4.27. The first-order valence-electron chi connectivity index (χ1n) is 11.8. The quantitative estimate of drug-likeness (QED) is 0.142. The van der Waals surface area contributed by atoms with Gasteiger partial charge in [0, 0.05) is 18.7 Å². The molecule has 0 saturated carbocycles. The highest BCUT2D eigenvalue weighted by Gasteiger charge is 2.24. The van der Waals surface area contributed by atoms with Crippen LogP contribution in [0.1, 0.15) is 52.9 Å². The van der Waals surface area contributed by atoms with E-state index in [9.17, 15) is 29.1 Å². The van der Waals surface area contributed by atoms with Crippen LogP contribution >= 0.6 is 0 Å². The van der Waals surface area contributed by atoms with Crippen molar-refractivity contribution in [2.45, 2.75) is 65.0 Å². The van der Waals surface area contributed by atoms with Gasteiger partial charge in [0.25, 0.3) is 0 Å². The lowest BCUT2D eigenvalue weighted by Gasteiger charge is -2.18. The third-order valence-electron chi connectivity index (χ3n) is 4.96. The summed E-state index contributed by atoms with van der Waals surface area (Å²) in [5.41, 5.74) is -0.00317. The minimum absolute atomic E-state index is 0.0300. The maximum absolute atomic E-state index is 12.1. The molecule has 37 heavy (non-hydrogen) atoms. The van der Waals surface area contributed by atoms with E-state index in [1.54, 1.807) is 24.3 Å². The molecule has 0 heterocycles. The van der Waals surface area contributed by atoms with Crippen LogP contribution in [0.5, 0.6) is 0 Å². The first kappa shape index (κ1) is 32.7. The van der Waals surface area contributed by atoms with Crippen LogP contribution in [-0.2, 0) is 14.4 Å². The molecule has 0 bridgehead atoms. The number of carboxylic acids is 3. The van der Waals surface area contributed by atoms with Gasteiger partial charge in [-0.05, 0) is 44.8 Å².